The Balaban J connectivity index is 2.85. The summed E-state index contributed by atoms with van der Waals surface area (Å²) in [4.78, 5) is 2.78. The van der Waals surface area contributed by atoms with Gasteiger partial charge in [0.25, 0.3) is 0 Å². The number of aromatic nitrogens is 2. The summed E-state index contributed by atoms with van der Waals surface area (Å²) in [6.07, 6.45) is 1.53. The highest BCUT2D eigenvalue weighted by Crippen LogP contribution is 2.23. The number of nitrogens with zero attached hydrogens (tertiary/aromatic N) is 3. The second-order valence-corrected chi connectivity index (χ2v) is 5.76. The van der Waals surface area contributed by atoms with Crippen LogP contribution in [0.15, 0.2) is 0 Å². The van der Waals surface area contributed by atoms with E-state index in [9.17, 15) is 0 Å². The fraction of sp³-hybridized carbons (Fsp3) is 0.714. The van der Waals surface area contributed by atoms with Crippen LogP contribution in [0.4, 0.5) is 0 Å². The van der Waals surface area contributed by atoms with Crippen molar-refractivity contribution < 1.29 is 4.74 Å². The number of rotatable bonds is 10. The van der Waals surface area contributed by atoms with Crippen LogP contribution >= 0.6 is 23.8 Å². The average Bonchev–Trinajstić information content (AvgIpc) is 2.77. The van der Waals surface area contributed by atoms with E-state index >= 15 is 0 Å². The third kappa shape index (κ3) is 5.54. The van der Waals surface area contributed by atoms with Gasteiger partial charge in [-0.05, 0) is 13.3 Å². The van der Waals surface area contributed by atoms with Crippen molar-refractivity contribution in [2.75, 3.05) is 26.8 Å². The molecule has 21 heavy (non-hydrogen) atoms. The summed E-state index contributed by atoms with van der Waals surface area (Å²) in [5.41, 5.74) is 7.61. The lowest BCUT2D eigenvalue weighted by Crippen LogP contribution is -2.31. The largest absolute Gasteiger partial charge is 0.393 e. The highest BCUT2D eigenvalue weighted by Gasteiger charge is 2.17. The van der Waals surface area contributed by atoms with E-state index in [2.05, 4.69) is 23.8 Å². The van der Waals surface area contributed by atoms with Crippen molar-refractivity contribution in [1.29, 1.82) is 0 Å². The minimum atomic E-state index is 0.529. The number of hydrogen-bond acceptors (Lipinski definition) is 4. The van der Waals surface area contributed by atoms with E-state index in [-0.39, 0.29) is 0 Å². The van der Waals surface area contributed by atoms with Gasteiger partial charge in [-0.25, -0.2) is 0 Å². The molecule has 0 atom stereocenters. The summed E-state index contributed by atoms with van der Waals surface area (Å²) in [6, 6.07) is 0. The first-order chi connectivity index (χ1) is 10.0. The molecule has 0 fully saturated rings. The number of ether oxygens (including phenoxy) is 1. The first-order valence-corrected chi connectivity index (χ1v) is 8.05. The SMILES string of the molecule is CCc1nn(CC)c(CN(CCOC)CCC(N)=S)c1Cl. The van der Waals surface area contributed by atoms with Gasteiger partial charge in [0.2, 0.25) is 0 Å². The van der Waals surface area contributed by atoms with Gasteiger partial charge in [-0.15, -0.1) is 0 Å². The maximum atomic E-state index is 6.46. The van der Waals surface area contributed by atoms with Crippen LogP contribution in [0.3, 0.4) is 0 Å². The molecule has 0 bridgehead atoms. The molecular formula is C14H25ClN4OS. The standard InChI is InChI=1S/C14H25ClN4OS/c1-4-11-14(15)12(19(5-2)17-11)10-18(8-9-20-3)7-6-13(16)21/h4-10H2,1-3H3,(H2,16,21). The van der Waals surface area contributed by atoms with Gasteiger partial charge in [0.05, 0.1) is 28.0 Å². The maximum absolute atomic E-state index is 6.46. The number of halogens is 1. The minimum absolute atomic E-state index is 0.529. The van der Waals surface area contributed by atoms with Gasteiger partial charge in [0, 0.05) is 39.7 Å². The van der Waals surface area contributed by atoms with Crippen molar-refractivity contribution in [2.45, 2.75) is 39.8 Å². The van der Waals surface area contributed by atoms with E-state index in [1.165, 1.54) is 0 Å². The molecule has 2 N–H and O–H groups in total. The van der Waals surface area contributed by atoms with Crippen molar-refractivity contribution in [2.24, 2.45) is 5.73 Å². The minimum Gasteiger partial charge on any atom is -0.393 e. The molecule has 1 heterocycles. The Morgan fingerprint density at radius 2 is 2.14 bits per heavy atom. The van der Waals surface area contributed by atoms with Crippen LogP contribution < -0.4 is 5.73 Å². The molecule has 0 saturated carbocycles. The summed E-state index contributed by atoms with van der Waals surface area (Å²) >= 11 is 11.4. The van der Waals surface area contributed by atoms with Gasteiger partial charge in [-0.3, -0.25) is 9.58 Å². The molecule has 1 aromatic rings. The van der Waals surface area contributed by atoms with Crippen LogP contribution in [-0.2, 0) is 24.2 Å². The fourth-order valence-electron chi connectivity index (χ4n) is 2.14. The van der Waals surface area contributed by atoms with Crippen molar-refractivity contribution >= 4 is 28.8 Å². The zero-order chi connectivity index (χ0) is 15.8. The maximum Gasteiger partial charge on any atom is 0.0863 e. The number of methoxy groups -OCH3 is 1. The molecule has 0 unspecified atom stereocenters. The molecule has 0 aliphatic heterocycles. The summed E-state index contributed by atoms with van der Waals surface area (Å²) in [7, 11) is 1.70. The average molecular weight is 333 g/mol. The van der Waals surface area contributed by atoms with E-state index in [0.717, 1.165) is 49.0 Å². The summed E-state index contributed by atoms with van der Waals surface area (Å²) in [5.74, 6) is 0. The van der Waals surface area contributed by atoms with Crippen LogP contribution in [0.2, 0.25) is 5.02 Å². The number of aryl methyl sites for hydroxylation is 2. The van der Waals surface area contributed by atoms with E-state index in [0.29, 0.717) is 18.0 Å². The van der Waals surface area contributed by atoms with E-state index in [1.807, 2.05) is 4.68 Å². The van der Waals surface area contributed by atoms with E-state index in [1.54, 1.807) is 7.11 Å². The number of thiocarbonyl (C=S) groups is 1. The first kappa shape index (κ1) is 18.4. The van der Waals surface area contributed by atoms with E-state index < -0.39 is 0 Å². The number of nitrogens with two attached hydrogens (primary N) is 1. The molecule has 0 aliphatic carbocycles. The van der Waals surface area contributed by atoms with Crippen molar-refractivity contribution in [3.63, 3.8) is 0 Å². The lowest BCUT2D eigenvalue weighted by molar-refractivity contribution is 0.144. The zero-order valence-electron chi connectivity index (χ0n) is 13.1. The Kier molecular flexibility index (Phi) is 8.18. The Hall–Kier alpha value is -0.690. The fourth-order valence-corrected chi connectivity index (χ4v) is 2.56. The normalized spacial score (nSPS) is 11.3. The Morgan fingerprint density at radius 3 is 2.67 bits per heavy atom. The molecule has 7 heteroatoms. The van der Waals surface area contributed by atoms with Crippen LogP contribution in [0.1, 0.15) is 31.7 Å². The quantitative estimate of drug-likeness (QED) is 0.666. The van der Waals surface area contributed by atoms with Crippen molar-refractivity contribution in [3.05, 3.63) is 16.4 Å². The molecule has 0 aliphatic rings. The Bertz CT molecular complexity index is 464. The lowest BCUT2D eigenvalue weighted by atomic mass is 10.2. The lowest BCUT2D eigenvalue weighted by Gasteiger charge is -2.22. The molecule has 1 rings (SSSR count). The monoisotopic (exact) mass is 332 g/mol. The van der Waals surface area contributed by atoms with Crippen LogP contribution in [0.25, 0.3) is 0 Å². The molecule has 0 aromatic carbocycles. The van der Waals surface area contributed by atoms with Gasteiger partial charge in [-0.1, -0.05) is 30.7 Å². The predicted molar refractivity (Wildman–Crippen MR) is 90.8 cm³/mol. The molecule has 0 spiro atoms. The second-order valence-electron chi connectivity index (χ2n) is 4.86. The second kappa shape index (κ2) is 9.35. The van der Waals surface area contributed by atoms with Crippen LogP contribution in [0, 0.1) is 0 Å². The van der Waals surface area contributed by atoms with Crippen LogP contribution in [0.5, 0.6) is 0 Å². The third-order valence-electron chi connectivity index (χ3n) is 3.35. The van der Waals surface area contributed by atoms with Crippen molar-refractivity contribution in [1.82, 2.24) is 14.7 Å². The molecular weight excluding hydrogens is 308 g/mol. The summed E-state index contributed by atoms with van der Waals surface area (Å²) < 4.78 is 7.14. The molecule has 120 valence electrons. The van der Waals surface area contributed by atoms with Gasteiger partial charge in [0.15, 0.2) is 0 Å². The molecule has 0 radical (unpaired) electrons. The molecule has 0 amide bonds. The van der Waals surface area contributed by atoms with E-state index in [4.69, 9.17) is 34.3 Å². The predicted octanol–water partition coefficient (Wildman–Crippen LogP) is 2.24. The zero-order valence-corrected chi connectivity index (χ0v) is 14.6. The van der Waals surface area contributed by atoms with Gasteiger partial charge < -0.3 is 10.5 Å². The van der Waals surface area contributed by atoms with Gasteiger partial charge >= 0.3 is 0 Å². The molecule has 0 saturated heterocycles. The van der Waals surface area contributed by atoms with Gasteiger partial charge in [-0.2, -0.15) is 5.10 Å². The highest BCUT2D eigenvalue weighted by atomic mass is 35.5. The smallest absolute Gasteiger partial charge is 0.0863 e. The van der Waals surface area contributed by atoms with Crippen molar-refractivity contribution in [3.8, 4) is 0 Å². The molecule has 1 aromatic heterocycles. The third-order valence-corrected chi connectivity index (χ3v) is 3.99. The number of hydrogen-bond donors (Lipinski definition) is 1. The van der Waals surface area contributed by atoms with Gasteiger partial charge in [0.1, 0.15) is 0 Å². The highest BCUT2D eigenvalue weighted by molar-refractivity contribution is 7.80. The first-order valence-electron chi connectivity index (χ1n) is 7.27. The summed E-state index contributed by atoms with van der Waals surface area (Å²) in [6.45, 7) is 7.94. The topological polar surface area (TPSA) is 56.3 Å². The molecule has 5 nitrogen and oxygen atoms in total. The Morgan fingerprint density at radius 1 is 1.43 bits per heavy atom. The summed E-state index contributed by atoms with van der Waals surface area (Å²) in [5, 5.41) is 5.33. The van der Waals surface area contributed by atoms with Crippen LogP contribution in [-0.4, -0.2) is 46.5 Å². The Labute approximate surface area is 137 Å².